The summed E-state index contributed by atoms with van der Waals surface area (Å²) in [5, 5.41) is 17.4. The average molecular weight is 515 g/mol. The molecule has 8 heteroatoms. The molecule has 2 rings (SSSR count). The normalized spacial score (nSPS) is 16.2. The summed E-state index contributed by atoms with van der Waals surface area (Å²) in [5.41, 5.74) is 0.954. The Labute approximate surface area is 183 Å². The molecule has 26 heavy (non-hydrogen) atoms. The highest BCUT2D eigenvalue weighted by Crippen LogP contribution is 2.21. The van der Waals surface area contributed by atoms with Gasteiger partial charge in [0.1, 0.15) is 0 Å². The lowest BCUT2D eigenvalue weighted by molar-refractivity contribution is 0.0823. The van der Waals surface area contributed by atoms with Crippen molar-refractivity contribution in [1.29, 1.82) is 0 Å². The summed E-state index contributed by atoms with van der Waals surface area (Å²) in [7, 11) is 0. The fraction of sp³-hybridized carbons (Fsp3) is 0.611. The lowest BCUT2D eigenvalue weighted by Crippen LogP contribution is -2.40. The van der Waals surface area contributed by atoms with E-state index in [1.807, 2.05) is 19.1 Å². The fourth-order valence-corrected chi connectivity index (χ4v) is 3.28. The Morgan fingerprint density at radius 3 is 2.65 bits per heavy atom. The topological polar surface area (TPSA) is 59.9 Å². The Bertz CT molecular complexity index is 566. The minimum absolute atomic E-state index is 0. The van der Waals surface area contributed by atoms with Gasteiger partial charge in [-0.3, -0.25) is 0 Å². The van der Waals surface area contributed by atoms with Crippen molar-refractivity contribution in [2.24, 2.45) is 4.99 Å². The van der Waals surface area contributed by atoms with Crippen molar-refractivity contribution in [2.75, 3.05) is 32.7 Å². The van der Waals surface area contributed by atoms with Crippen LogP contribution in [0.3, 0.4) is 0 Å². The lowest BCUT2D eigenvalue weighted by Gasteiger charge is -2.29. The molecule has 1 saturated heterocycles. The van der Waals surface area contributed by atoms with Crippen LogP contribution in [0, 0.1) is 0 Å². The molecular weight excluding hydrogens is 486 g/mol. The first-order valence-corrected chi connectivity index (χ1v) is 9.70. The van der Waals surface area contributed by atoms with Gasteiger partial charge >= 0.3 is 0 Å². The van der Waals surface area contributed by atoms with Crippen molar-refractivity contribution in [3.05, 3.63) is 33.8 Å². The van der Waals surface area contributed by atoms with Gasteiger partial charge in [0.15, 0.2) is 5.96 Å². The van der Waals surface area contributed by atoms with Gasteiger partial charge in [0, 0.05) is 36.2 Å². The number of aliphatic hydroxyl groups is 1. The third kappa shape index (κ3) is 8.61. The van der Waals surface area contributed by atoms with E-state index in [0.717, 1.165) is 63.5 Å². The van der Waals surface area contributed by atoms with Crippen LogP contribution < -0.4 is 10.6 Å². The van der Waals surface area contributed by atoms with Crippen LogP contribution in [0.2, 0.25) is 10.0 Å². The first-order valence-electron chi connectivity index (χ1n) is 8.95. The molecule has 1 fully saturated rings. The standard InChI is InChI=1S/C18H28Cl2N4O.HI/c1-2-21-18(23-13-14-4-5-15(19)12-17(14)20)22-8-3-9-24-10-6-16(25)7-11-24;/h4-5,12,16,25H,2-3,6-11,13H2,1H3,(H2,21,22,23);1H. The lowest BCUT2D eigenvalue weighted by atomic mass is 10.1. The van der Waals surface area contributed by atoms with Crippen LogP contribution in [0.5, 0.6) is 0 Å². The highest BCUT2D eigenvalue weighted by Gasteiger charge is 2.15. The predicted octanol–water partition coefficient (Wildman–Crippen LogP) is 3.51. The molecule has 0 aromatic heterocycles. The Morgan fingerprint density at radius 2 is 2.00 bits per heavy atom. The van der Waals surface area contributed by atoms with Crippen LogP contribution in [0.25, 0.3) is 0 Å². The summed E-state index contributed by atoms with van der Waals surface area (Å²) in [5.74, 6) is 0.794. The number of piperidine rings is 1. The van der Waals surface area contributed by atoms with Gasteiger partial charge in [-0.05, 0) is 50.4 Å². The van der Waals surface area contributed by atoms with E-state index in [2.05, 4.69) is 20.5 Å². The molecular formula is C18H29Cl2IN4O. The maximum absolute atomic E-state index is 9.54. The van der Waals surface area contributed by atoms with Crippen molar-refractivity contribution < 1.29 is 5.11 Å². The second-order valence-electron chi connectivity index (χ2n) is 6.28. The minimum atomic E-state index is -0.110. The van der Waals surface area contributed by atoms with Crippen molar-refractivity contribution >= 4 is 53.1 Å². The molecule has 0 aliphatic carbocycles. The van der Waals surface area contributed by atoms with Gasteiger partial charge in [0.25, 0.3) is 0 Å². The number of guanidine groups is 1. The number of nitrogens with zero attached hydrogens (tertiary/aromatic N) is 2. The SMILES string of the molecule is CCNC(=NCc1ccc(Cl)cc1Cl)NCCCN1CCC(O)CC1.I. The van der Waals surface area contributed by atoms with Gasteiger partial charge in [-0.2, -0.15) is 0 Å². The molecule has 3 N–H and O–H groups in total. The number of benzene rings is 1. The Hall–Kier alpha value is -0.280. The first kappa shape index (κ1) is 23.8. The summed E-state index contributed by atoms with van der Waals surface area (Å²) in [6, 6.07) is 5.47. The zero-order valence-electron chi connectivity index (χ0n) is 15.2. The molecule has 0 radical (unpaired) electrons. The van der Waals surface area contributed by atoms with E-state index in [1.54, 1.807) is 6.07 Å². The number of likely N-dealkylation sites (tertiary alicyclic amines) is 1. The number of nitrogens with one attached hydrogen (secondary N) is 2. The zero-order valence-corrected chi connectivity index (χ0v) is 19.0. The van der Waals surface area contributed by atoms with Crippen molar-refractivity contribution in [1.82, 2.24) is 15.5 Å². The predicted molar refractivity (Wildman–Crippen MR) is 121 cm³/mol. The molecule has 0 bridgehead atoms. The molecule has 1 aromatic carbocycles. The molecule has 0 saturated carbocycles. The third-order valence-corrected chi connectivity index (χ3v) is 4.85. The third-order valence-electron chi connectivity index (χ3n) is 4.27. The monoisotopic (exact) mass is 514 g/mol. The van der Waals surface area contributed by atoms with E-state index in [1.165, 1.54) is 0 Å². The van der Waals surface area contributed by atoms with E-state index < -0.39 is 0 Å². The zero-order chi connectivity index (χ0) is 18.1. The smallest absolute Gasteiger partial charge is 0.191 e. The average Bonchev–Trinajstić information content (AvgIpc) is 2.59. The fourth-order valence-electron chi connectivity index (χ4n) is 2.81. The Balaban J connectivity index is 0.00000338. The van der Waals surface area contributed by atoms with Gasteiger partial charge in [-0.15, -0.1) is 24.0 Å². The number of rotatable bonds is 7. The van der Waals surface area contributed by atoms with Crippen molar-refractivity contribution in [3.8, 4) is 0 Å². The molecule has 1 aliphatic rings. The maximum Gasteiger partial charge on any atom is 0.191 e. The Kier molecular flexibility index (Phi) is 11.9. The van der Waals surface area contributed by atoms with E-state index in [-0.39, 0.29) is 30.1 Å². The van der Waals surface area contributed by atoms with E-state index in [4.69, 9.17) is 23.2 Å². The van der Waals surface area contributed by atoms with Crippen LogP contribution in [0.15, 0.2) is 23.2 Å². The highest BCUT2D eigenvalue weighted by molar-refractivity contribution is 14.0. The summed E-state index contributed by atoms with van der Waals surface area (Å²) >= 11 is 12.1. The van der Waals surface area contributed by atoms with Gasteiger partial charge in [-0.1, -0.05) is 29.3 Å². The molecule has 5 nitrogen and oxygen atoms in total. The van der Waals surface area contributed by atoms with Crippen molar-refractivity contribution in [3.63, 3.8) is 0 Å². The molecule has 148 valence electrons. The van der Waals surface area contributed by atoms with Gasteiger partial charge < -0.3 is 20.6 Å². The summed E-state index contributed by atoms with van der Waals surface area (Å²) in [4.78, 5) is 7.00. The van der Waals surface area contributed by atoms with Crippen LogP contribution in [-0.2, 0) is 6.54 Å². The van der Waals surface area contributed by atoms with Crippen LogP contribution in [-0.4, -0.2) is 54.8 Å². The molecule has 0 spiro atoms. The van der Waals surface area contributed by atoms with Gasteiger partial charge in [0.05, 0.1) is 12.6 Å². The molecule has 0 atom stereocenters. The number of halogens is 3. The molecule has 0 unspecified atom stereocenters. The largest absolute Gasteiger partial charge is 0.393 e. The van der Waals surface area contributed by atoms with Crippen LogP contribution >= 0.6 is 47.2 Å². The van der Waals surface area contributed by atoms with Crippen LogP contribution in [0.4, 0.5) is 0 Å². The van der Waals surface area contributed by atoms with Gasteiger partial charge in [-0.25, -0.2) is 4.99 Å². The molecule has 1 heterocycles. The first-order chi connectivity index (χ1) is 12.1. The minimum Gasteiger partial charge on any atom is -0.393 e. The second kappa shape index (κ2) is 13.0. The van der Waals surface area contributed by atoms with Gasteiger partial charge in [0.2, 0.25) is 0 Å². The van der Waals surface area contributed by atoms with E-state index >= 15 is 0 Å². The molecule has 0 amide bonds. The maximum atomic E-state index is 9.54. The van der Waals surface area contributed by atoms with Crippen LogP contribution in [0.1, 0.15) is 31.7 Å². The number of aliphatic hydroxyl groups excluding tert-OH is 1. The summed E-state index contributed by atoms with van der Waals surface area (Å²) < 4.78 is 0. The number of hydrogen-bond acceptors (Lipinski definition) is 3. The Morgan fingerprint density at radius 1 is 1.27 bits per heavy atom. The summed E-state index contributed by atoms with van der Waals surface area (Å²) in [6.45, 7) is 7.25. The number of aliphatic imine (C=N–C) groups is 1. The highest BCUT2D eigenvalue weighted by atomic mass is 127. The van der Waals surface area contributed by atoms with Crippen molar-refractivity contribution in [2.45, 2.75) is 38.8 Å². The second-order valence-corrected chi connectivity index (χ2v) is 7.13. The number of hydrogen-bond donors (Lipinski definition) is 3. The van der Waals surface area contributed by atoms with E-state index in [0.29, 0.717) is 16.6 Å². The quantitative estimate of drug-likeness (QED) is 0.225. The van der Waals surface area contributed by atoms with E-state index in [9.17, 15) is 5.11 Å². The molecule has 1 aliphatic heterocycles. The molecule has 1 aromatic rings. The summed E-state index contributed by atoms with van der Waals surface area (Å²) in [6.07, 6.45) is 2.71.